The minimum absolute atomic E-state index is 0.119. The number of amides is 1. The van der Waals surface area contributed by atoms with Gasteiger partial charge in [-0.3, -0.25) is 9.59 Å². The lowest BCUT2D eigenvalue weighted by Gasteiger charge is -2.25. The first-order chi connectivity index (χ1) is 8.25. The first-order valence-electron chi connectivity index (χ1n) is 5.65. The molecule has 0 spiro atoms. The Morgan fingerprint density at radius 2 is 2.18 bits per heavy atom. The summed E-state index contributed by atoms with van der Waals surface area (Å²) in [5, 5.41) is 0. The molecule has 0 bridgehead atoms. The Morgan fingerprint density at radius 1 is 1.41 bits per heavy atom. The van der Waals surface area contributed by atoms with Gasteiger partial charge in [0.1, 0.15) is 11.5 Å². The molecule has 17 heavy (non-hydrogen) atoms. The van der Waals surface area contributed by atoms with Crippen LogP contribution in [0.1, 0.15) is 18.6 Å². The number of likely N-dealkylation sites (tertiary alicyclic amines) is 1. The fraction of sp³-hybridized carbons (Fsp3) is 0.500. The smallest absolute Gasteiger partial charge is 0.232 e. The van der Waals surface area contributed by atoms with E-state index in [4.69, 9.17) is 4.42 Å². The zero-order chi connectivity index (χ0) is 12.1. The van der Waals surface area contributed by atoms with Gasteiger partial charge in [-0.1, -0.05) is 0 Å². The van der Waals surface area contributed by atoms with Gasteiger partial charge in [0.25, 0.3) is 0 Å². The number of ketones is 1. The summed E-state index contributed by atoms with van der Waals surface area (Å²) in [6.45, 7) is 1.16. The Labute approximate surface area is 104 Å². The molecule has 1 aromatic heterocycles. The molecule has 0 radical (unpaired) electrons. The summed E-state index contributed by atoms with van der Waals surface area (Å²) in [5.74, 6) is 2.43. The molecule has 1 aliphatic heterocycles. The molecule has 2 rings (SSSR count). The van der Waals surface area contributed by atoms with E-state index in [-0.39, 0.29) is 11.7 Å². The Bertz CT molecular complexity index is 378. The highest BCUT2D eigenvalue weighted by atomic mass is 32.2. The Morgan fingerprint density at radius 3 is 2.82 bits per heavy atom. The van der Waals surface area contributed by atoms with E-state index in [0.717, 1.165) is 5.76 Å². The minimum atomic E-state index is 0.119. The summed E-state index contributed by atoms with van der Waals surface area (Å²) in [5.41, 5.74) is 0. The zero-order valence-electron chi connectivity index (χ0n) is 9.55. The molecular weight excluding hydrogens is 238 g/mol. The number of nitrogens with zero attached hydrogens (tertiary/aromatic N) is 1. The van der Waals surface area contributed by atoms with Gasteiger partial charge in [0.15, 0.2) is 0 Å². The van der Waals surface area contributed by atoms with Crippen molar-refractivity contribution >= 4 is 23.5 Å². The fourth-order valence-electron chi connectivity index (χ4n) is 1.73. The number of Topliss-reactive ketones (excluding diaryl/α,β-unsaturated/α-hetero) is 1. The molecular formula is C12H15NO3S. The standard InChI is InChI=1S/C12H15NO3S/c14-10-3-5-13(6-4-10)12(15)9-17-8-11-2-1-7-16-11/h1-2,7H,3-6,8-9H2. The number of piperidine rings is 1. The number of carbonyl (C=O) groups is 2. The van der Waals surface area contributed by atoms with Crippen molar-refractivity contribution in [2.24, 2.45) is 0 Å². The number of furan rings is 1. The molecule has 0 atom stereocenters. The minimum Gasteiger partial charge on any atom is -0.468 e. The molecule has 1 aromatic rings. The Kier molecular flexibility index (Phi) is 4.25. The van der Waals surface area contributed by atoms with Gasteiger partial charge in [0, 0.05) is 25.9 Å². The zero-order valence-corrected chi connectivity index (χ0v) is 10.4. The highest BCUT2D eigenvalue weighted by Crippen LogP contribution is 2.14. The third kappa shape index (κ3) is 3.63. The predicted octanol–water partition coefficient (Wildman–Crippen LogP) is 1.70. The van der Waals surface area contributed by atoms with Crippen molar-refractivity contribution in [1.82, 2.24) is 4.90 Å². The van der Waals surface area contributed by atoms with Crippen LogP contribution in [0.15, 0.2) is 22.8 Å². The van der Waals surface area contributed by atoms with Crippen LogP contribution in [0.25, 0.3) is 0 Å². The maximum absolute atomic E-state index is 11.8. The molecule has 2 heterocycles. The van der Waals surface area contributed by atoms with Crippen LogP contribution < -0.4 is 0 Å². The molecule has 0 saturated carbocycles. The molecule has 1 saturated heterocycles. The van der Waals surface area contributed by atoms with Crippen molar-refractivity contribution in [1.29, 1.82) is 0 Å². The van der Waals surface area contributed by atoms with Crippen LogP contribution in [0.4, 0.5) is 0 Å². The van der Waals surface area contributed by atoms with E-state index in [9.17, 15) is 9.59 Å². The van der Waals surface area contributed by atoms with Gasteiger partial charge in [-0.2, -0.15) is 0 Å². The summed E-state index contributed by atoms with van der Waals surface area (Å²) in [7, 11) is 0. The number of hydrogen-bond acceptors (Lipinski definition) is 4. The first kappa shape index (κ1) is 12.2. The normalized spacial score (nSPS) is 16.2. The average Bonchev–Trinajstić information content (AvgIpc) is 2.83. The van der Waals surface area contributed by atoms with Crippen LogP contribution in [0.2, 0.25) is 0 Å². The van der Waals surface area contributed by atoms with Crippen molar-refractivity contribution in [3.8, 4) is 0 Å². The second-order valence-electron chi connectivity index (χ2n) is 3.99. The summed E-state index contributed by atoms with van der Waals surface area (Å²) in [4.78, 5) is 24.6. The topological polar surface area (TPSA) is 50.5 Å². The lowest BCUT2D eigenvalue weighted by atomic mass is 10.1. The van der Waals surface area contributed by atoms with Crippen molar-refractivity contribution in [3.63, 3.8) is 0 Å². The van der Waals surface area contributed by atoms with Crippen molar-refractivity contribution in [2.45, 2.75) is 18.6 Å². The van der Waals surface area contributed by atoms with Gasteiger partial charge in [-0.15, -0.1) is 11.8 Å². The van der Waals surface area contributed by atoms with Crippen molar-refractivity contribution in [3.05, 3.63) is 24.2 Å². The summed E-state index contributed by atoms with van der Waals surface area (Å²) >= 11 is 1.54. The second-order valence-corrected chi connectivity index (χ2v) is 4.98. The molecule has 4 nitrogen and oxygen atoms in total. The number of rotatable bonds is 4. The molecule has 1 fully saturated rings. The van der Waals surface area contributed by atoms with Gasteiger partial charge in [0.2, 0.25) is 5.91 Å². The van der Waals surface area contributed by atoms with E-state index in [0.29, 0.717) is 37.4 Å². The molecule has 0 N–H and O–H groups in total. The molecule has 1 amide bonds. The summed E-state index contributed by atoms with van der Waals surface area (Å²) < 4.78 is 5.18. The summed E-state index contributed by atoms with van der Waals surface area (Å²) in [6.07, 6.45) is 2.65. The van der Waals surface area contributed by atoms with Crippen LogP contribution in [0.5, 0.6) is 0 Å². The monoisotopic (exact) mass is 253 g/mol. The van der Waals surface area contributed by atoms with Gasteiger partial charge in [-0.05, 0) is 12.1 Å². The van der Waals surface area contributed by atoms with Crippen LogP contribution in [0.3, 0.4) is 0 Å². The Balaban J connectivity index is 1.68. The van der Waals surface area contributed by atoms with Crippen LogP contribution >= 0.6 is 11.8 Å². The molecule has 0 aliphatic carbocycles. The van der Waals surface area contributed by atoms with Crippen LogP contribution in [-0.4, -0.2) is 35.4 Å². The second kappa shape index (κ2) is 5.91. The predicted molar refractivity (Wildman–Crippen MR) is 65.7 cm³/mol. The van der Waals surface area contributed by atoms with E-state index in [1.165, 1.54) is 0 Å². The molecule has 0 unspecified atom stereocenters. The molecule has 5 heteroatoms. The largest absolute Gasteiger partial charge is 0.468 e. The van der Waals surface area contributed by atoms with E-state index in [2.05, 4.69) is 0 Å². The SMILES string of the molecule is O=C1CCN(C(=O)CSCc2ccco2)CC1. The van der Waals surface area contributed by atoms with Crippen molar-refractivity contribution < 1.29 is 14.0 Å². The van der Waals surface area contributed by atoms with E-state index < -0.39 is 0 Å². The van der Waals surface area contributed by atoms with Crippen LogP contribution in [-0.2, 0) is 15.3 Å². The van der Waals surface area contributed by atoms with Gasteiger partial charge in [-0.25, -0.2) is 0 Å². The fourth-order valence-corrected chi connectivity index (χ4v) is 2.56. The average molecular weight is 253 g/mol. The molecule has 92 valence electrons. The maximum Gasteiger partial charge on any atom is 0.232 e. The maximum atomic E-state index is 11.8. The Hall–Kier alpha value is -1.23. The van der Waals surface area contributed by atoms with E-state index >= 15 is 0 Å². The van der Waals surface area contributed by atoms with E-state index in [1.807, 2.05) is 12.1 Å². The highest BCUT2D eigenvalue weighted by Gasteiger charge is 2.20. The van der Waals surface area contributed by atoms with E-state index in [1.54, 1.807) is 22.9 Å². The van der Waals surface area contributed by atoms with Crippen molar-refractivity contribution in [2.75, 3.05) is 18.8 Å². The third-order valence-electron chi connectivity index (χ3n) is 2.72. The number of hydrogen-bond donors (Lipinski definition) is 0. The van der Waals surface area contributed by atoms with Gasteiger partial charge in [0.05, 0.1) is 17.8 Å². The molecule has 0 aromatic carbocycles. The lowest BCUT2D eigenvalue weighted by Crippen LogP contribution is -2.39. The number of thioether (sulfide) groups is 1. The quantitative estimate of drug-likeness (QED) is 0.819. The first-order valence-corrected chi connectivity index (χ1v) is 6.81. The molecule has 1 aliphatic rings. The third-order valence-corrected chi connectivity index (χ3v) is 3.66. The van der Waals surface area contributed by atoms with Crippen LogP contribution in [0, 0.1) is 0 Å². The van der Waals surface area contributed by atoms with Gasteiger partial charge >= 0.3 is 0 Å². The van der Waals surface area contributed by atoms with Gasteiger partial charge < -0.3 is 9.32 Å². The number of carbonyl (C=O) groups excluding carboxylic acids is 2. The summed E-state index contributed by atoms with van der Waals surface area (Å²) in [6, 6.07) is 3.74. The highest BCUT2D eigenvalue weighted by molar-refractivity contribution is 7.99. The lowest BCUT2D eigenvalue weighted by molar-refractivity contribution is -0.132.